The van der Waals surface area contributed by atoms with Crippen LogP contribution in [0.4, 0.5) is 5.69 Å². The first-order valence-corrected chi connectivity index (χ1v) is 6.34. The fourth-order valence-electron chi connectivity index (χ4n) is 1.86. The van der Waals surface area contributed by atoms with Crippen LogP contribution in [0.25, 0.3) is 0 Å². The van der Waals surface area contributed by atoms with Gasteiger partial charge in [0.1, 0.15) is 12.6 Å². The molecule has 7 heteroatoms. The summed E-state index contributed by atoms with van der Waals surface area (Å²) in [5.41, 5.74) is 0.454. The first kappa shape index (κ1) is 14.3. The van der Waals surface area contributed by atoms with Crippen LogP contribution < -0.4 is 10.1 Å². The van der Waals surface area contributed by atoms with Crippen LogP contribution in [0.15, 0.2) is 18.2 Å². The number of carbonyl (C=O) groups is 1. The molecule has 0 aromatic heterocycles. The van der Waals surface area contributed by atoms with E-state index in [1.54, 1.807) is 19.1 Å². The van der Waals surface area contributed by atoms with Crippen LogP contribution in [-0.4, -0.2) is 34.7 Å². The van der Waals surface area contributed by atoms with E-state index in [4.69, 9.17) is 9.84 Å². The number of rotatable bonds is 7. The summed E-state index contributed by atoms with van der Waals surface area (Å²) in [6, 6.07) is 3.95. The lowest BCUT2D eigenvalue weighted by molar-refractivity contribution is -0.385. The molecule has 108 valence electrons. The Morgan fingerprint density at radius 1 is 1.60 bits per heavy atom. The number of aryl methyl sites for hydroxylation is 1. The number of nitro groups is 1. The summed E-state index contributed by atoms with van der Waals surface area (Å²) < 4.78 is 5.40. The largest absolute Gasteiger partial charge is 0.484 e. The number of nitrogens with one attached hydrogen (secondary N) is 1. The Morgan fingerprint density at radius 2 is 2.30 bits per heavy atom. The lowest BCUT2D eigenvalue weighted by Crippen LogP contribution is -2.42. The molecule has 0 saturated heterocycles. The zero-order valence-corrected chi connectivity index (χ0v) is 11.0. The van der Waals surface area contributed by atoms with Crippen molar-refractivity contribution < 1.29 is 19.6 Å². The van der Waals surface area contributed by atoms with E-state index in [0.717, 1.165) is 12.8 Å². The minimum absolute atomic E-state index is 0.126. The average molecular weight is 280 g/mol. The van der Waals surface area contributed by atoms with Crippen LogP contribution in [0.3, 0.4) is 0 Å². The summed E-state index contributed by atoms with van der Waals surface area (Å²) in [5.74, 6) is -0.894. The van der Waals surface area contributed by atoms with E-state index in [0.29, 0.717) is 5.56 Å². The summed E-state index contributed by atoms with van der Waals surface area (Å²) in [5, 5.41) is 23.0. The van der Waals surface area contributed by atoms with Gasteiger partial charge >= 0.3 is 11.7 Å². The summed E-state index contributed by atoms with van der Waals surface area (Å²) in [6.07, 6.45) is 1.91. The van der Waals surface area contributed by atoms with Gasteiger partial charge in [0.15, 0.2) is 5.75 Å². The molecule has 1 aromatic rings. The molecule has 1 unspecified atom stereocenters. The van der Waals surface area contributed by atoms with Crippen molar-refractivity contribution in [2.75, 3.05) is 6.61 Å². The van der Waals surface area contributed by atoms with Crippen molar-refractivity contribution in [3.63, 3.8) is 0 Å². The van der Waals surface area contributed by atoms with Crippen LogP contribution in [0.1, 0.15) is 18.4 Å². The zero-order chi connectivity index (χ0) is 14.7. The van der Waals surface area contributed by atoms with Crippen molar-refractivity contribution in [2.24, 2.45) is 0 Å². The van der Waals surface area contributed by atoms with Gasteiger partial charge < -0.3 is 9.84 Å². The number of nitro benzene ring substituents is 1. The maximum absolute atomic E-state index is 11.1. The van der Waals surface area contributed by atoms with Crippen molar-refractivity contribution in [1.82, 2.24) is 5.32 Å². The first-order chi connectivity index (χ1) is 9.49. The normalized spacial score (nSPS) is 15.7. The highest BCUT2D eigenvalue weighted by Crippen LogP contribution is 2.30. The van der Waals surface area contributed by atoms with Gasteiger partial charge in [-0.3, -0.25) is 20.2 Å². The SMILES string of the molecule is Cc1cccc([N+](=O)[O-])c1OCC(NC1CC1)C(=O)O. The molecule has 20 heavy (non-hydrogen) atoms. The van der Waals surface area contributed by atoms with Crippen LogP contribution >= 0.6 is 0 Å². The number of aliphatic carboxylic acids is 1. The van der Waals surface area contributed by atoms with E-state index >= 15 is 0 Å². The summed E-state index contributed by atoms with van der Waals surface area (Å²) >= 11 is 0. The van der Waals surface area contributed by atoms with E-state index in [9.17, 15) is 14.9 Å². The summed E-state index contributed by atoms with van der Waals surface area (Å²) in [6.45, 7) is 1.55. The summed E-state index contributed by atoms with van der Waals surface area (Å²) in [4.78, 5) is 21.5. The third kappa shape index (κ3) is 3.45. The van der Waals surface area contributed by atoms with E-state index in [-0.39, 0.29) is 24.1 Å². The maximum atomic E-state index is 11.1. The zero-order valence-electron chi connectivity index (χ0n) is 11.0. The highest BCUT2D eigenvalue weighted by atomic mass is 16.6. The Kier molecular flexibility index (Phi) is 4.19. The van der Waals surface area contributed by atoms with Gasteiger partial charge in [-0.25, -0.2) is 0 Å². The number of benzene rings is 1. The molecule has 1 saturated carbocycles. The molecule has 1 fully saturated rings. The second-order valence-corrected chi connectivity index (χ2v) is 4.82. The quantitative estimate of drug-likeness (QED) is 0.579. The maximum Gasteiger partial charge on any atom is 0.324 e. The molecule has 0 aliphatic heterocycles. The third-order valence-electron chi connectivity index (χ3n) is 3.09. The van der Waals surface area contributed by atoms with E-state index in [1.165, 1.54) is 6.07 Å². The Balaban J connectivity index is 2.08. The Morgan fingerprint density at radius 3 is 2.85 bits per heavy atom. The Hall–Kier alpha value is -2.15. The number of hydrogen-bond donors (Lipinski definition) is 2. The fraction of sp³-hybridized carbons (Fsp3) is 0.462. The molecule has 0 radical (unpaired) electrons. The second-order valence-electron chi connectivity index (χ2n) is 4.82. The van der Waals surface area contributed by atoms with Gasteiger partial charge in [-0.1, -0.05) is 12.1 Å². The van der Waals surface area contributed by atoms with Gasteiger partial charge in [0.05, 0.1) is 4.92 Å². The molecule has 1 aromatic carbocycles. The molecule has 7 nitrogen and oxygen atoms in total. The Labute approximate surface area is 115 Å². The number of carboxylic acid groups (broad SMARTS) is 1. The number of ether oxygens (including phenoxy) is 1. The van der Waals surface area contributed by atoms with Gasteiger partial charge in [0.25, 0.3) is 0 Å². The highest BCUT2D eigenvalue weighted by Gasteiger charge is 2.29. The lowest BCUT2D eigenvalue weighted by Gasteiger charge is -2.16. The van der Waals surface area contributed by atoms with Gasteiger partial charge in [0, 0.05) is 12.1 Å². The second kappa shape index (κ2) is 5.87. The van der Waals surface area contributed by atoms with Crippen molar-refractivity contribution >= 4 is 11.7 Å². The lowest BCUT2D eigenvalue weighted by atomic mass is 10.2. The molecule has 1 aliphatic carbocycles. The smallest absolute Gasteiger partial charge is 0.324 e. The number of carboxylic acids is 1. The minimum atomic E-state index is -1.02. The minimum Gasteiger partial charge on any atom is -0.484 e. The number of nitrogens with zero attached hydrogens (tertiary/aromatic N) is 1. The van der Waals surface area contributed by atoms with Crippen LogP contribution in [0.2, 0.25) is 0 Å². The van der Waals surface area contributed by atoms with E-state index in [2.05, 4.69) is 5.32 Å². The molecule has 1 aliphatic rings. The average Bonchev–Trinajstić information content (AvgIpc) is 3.18. The molecule has 2 rings (SSSR count). The standard InChI is InChI=1S/C13H16N2O5/c1-8-3-2-4-11(15(18)19)12(8)20-7-10(13(16)17)14-9-5-6-9/h2-4,9-10,14H,5-7H2,1H3,(H,16,17). The molecular weight excluding hydrogens is 264 g/mol. The van der Waals surface area contributed by atoms with Crippen molar-refractivity contribution in [1.29, 1.82) is 0 Å². The van der Waals surface area contributed by atoms with Crippen molar-refractivity contribution in [2.45, 2.75) is 31.8 Å². The predicted molar refractivity (Wildman–Crippen MR) is 70.9 cm³/mol. The monoisotopic (exact) mass is 280 g/mol. The summed E-state index contributed by atoms with van der Waals surface area (Å²) in [7, 11) is 0. The van der Waals surface area contributed by atoms with Gasteiger partial charge in [-0.2, -0.15) is 0 Å². The topological polar surface area (TPSA) is 102 Å². The molecule has 1 atom stereocenters. The fourth-order valence-corrected chi connectivity index (χ4v) is 1.86. The molecule has 0 amide bonds. The number of para-hydroxylation sites is 1. The third-order valence-corrected chi connectivity index (χ3v) is 3.09. The molecule has 2 N–H and O–H groups in total. The van der Waals surface area contributed by atoms with E-state index in [1.807, 2.05) is 0 Å². The molecule has 0 spiro atoms. The van der Waals surface area contributed by atoms with Crippen molar-refractivity contribution in [3.05, 3.63) is 33.9 Å². The van der Waals surface area contributed by atoms with Crippen molar-refractivity contribution in [3.8, 4) is 5.75 Å². The molecular formula is C13H16N2O5. The first-order valence-electron chi connectivity index (χ1n) is 6.34. The van der Waals surface area contributed by atoms with Gasteiger partial charge in [0.2, 0.25) is 0 Å². The number of hydrogen-bond acceptors (Lipinski definition) is 5. The van der Waals surface area contributed by atoms with Gasteiger partial charge in [-0.05, 0) is 25.3 Å². The molecule has 0 bridgehead atoms. The van der Waals surface area contributed by atoms with Crippen LogP contribution in [0.5, 0.6) is 5.75 Å². The molecule has 0 heterocycles. The Bertz CT molecular complexity index is 527. The van der Waals surface area contributed by atoms with Crippen LogP contribution in [0, 0.1) is 17.0 Å². The van der Waals surface area contributed by atoms with Crippen LogP contribution in [-0.2, 0) is 4.79 Å². The highest BCUT2D eigenvalue weighted by molar-refractivity contribution is 5.73. The van der Waals surface area contributed by atoms with Gasteiger partial charge in [-0.15, -0.1) is 0 Å². The van der Waals surface area contributed by atoms with E-state index < -0.39 is 16.9 Å². The predicted octanol–water partition coefficient (Wildman–Crippen LogP) is 1.49.